The van der Waals surface area contributed by atoms with Gasteiger partial charge in [-0.05, 0) is 12.1 Å². The lowest BCUT2D eigenvalue weighted by Crippen LogP contribution is -2.12. The van der Waals surface area contributed by atoms with Crippen molar-refractivity contribution in [3.05, 3.63) is 21.3 Å². The molecule has 0 aromatic carbocycles. The fourth-order valence-corrected chi connectivity index (χ4v) is 1.67. The molecule has 0 aliphatic rings. The van der Waals surface area contributed by atoms with Gasteiger partial charge in [-0.15, -0.1) is 23.7 Å². The van der Waals surface area contributed by atoms with Crippen molar-refractivity contribution in [3.63, 3.8) is 0 Å². The van der Waals surface area contributed by atoms with Crippen LogP contribution >= 0.6 is 35.3 Å². The Labute approximate surface area is 80.4 Å². The largest absolute Gasteiger partial charge is 0.394 e. The van der Waals surface area contributed by atoms with Crippen LogP contribution in [0.3, 0.4) is 0 Å². The smallest absolute Gasteiger partial charge is 0.0931 e. The van der Waals surface area contributed by atoms with Gasteiger partial charge < -0.3 is 10.8 Å². The molecule has 5 heteroatoms. The molecule has 11 heavy (non-hydrogen) atoms. The molecule has 1 atom stereocenters. The van der Waals surface area contributed by atoms with E-state index in [2.05, 4.69) is 0 Å². The van der Waals surface area contributed by atoms with Crippen LogP contribution in [-0.4, -0.2) is 11.7 Å². The first-order valence-electron chi connectivity index (χ1n) is 2.85. The highest BCUT2D eigenvalue weighted by atomic mass is 35.5. The Morgan fingerprint density at radius 3 is 2.64 bits per heavy atom. The zero-order chi connectivity index (χ0) is 7.56. The van der Waals surface area contributed by atoms with Gasteiger partial charge in [0.15, 0.2) is 0 Å². The molecular formula is C6H9Cl2NOS. The van der Waals surface area contributed by atoms with E-state index in [-0.39, 0.29) is 25.1 Å². The maximum atomic E-state index is 8.64. The average molecular weight is 214 g/mol. The highest BCUT2D eigenvalue weighted by molar-refractivity contribution is 7.16. The summed E-state index contributed by atoms with van der Waals surface area (Å²) in [5.74, 6) is 0. The van der Waals surface area contributed by atoms with Crippen LogP contribution in [0, 0.1) is 0 Å². The van der Waals surface area contributed by atoms with Gasteiger partial charge in [0.2, 0.25) is 0 Å². The number of thiophene rings is 1. The molecule has 0 radical (unpaired) electrons. The first kappa shape index (κ1) is 11.2. The number of hydrogen-bond acceptors (Lipinski definition) is 3. The quantitative estimate of drug-likeness (QED) is 0.788. The number of halogens is 2. The molecule has 64 valence electrons. The number of hydrogen-bond donors (Lipinski definition) is 2. The summed E-state index contributed by atoms with van der Waals surface area (Å²) < 4.78 is 0.707. The van der Waals surface area contributed by atoms with Crippen molar-refractivity contribution in [2.24, 2.45) is 5.73 Å². The number of rotatable bonds is 2. The molecule has 0 aliphatic heterocycles. The molecular weight excluding hydrogens is 205 g/mol. The molecule has 1 heterocycles. The van der Waals surface area contributed by atoms with Gasteiger partial charge in [0.05, 0.1) is 17.0 Å². The van der Waals surface area contributed by atoms with E-state index in [0.717, 1.165) is 4.88 Å². The van der Waals surface area contributed by atoms with Crippen LogP contribution in [0.15, 0.2) is 12.1 Å². The number of aliphatic hydroxyl groups excluding tert-OH is 1. The Bertz CT molecular complexity index is 216. The lowest BCUT2D eigenvalue weighted by Gasteiger charge is -2.02. The summed E-state index contributed by atoms with van der Waals surface area (Å²) >= 11 is 7.04. The molecule has 1 aromatic heterocycles. The van der Waals surface area contributed by atoms with Gasteiger partial charge in [0.25, 0.3) is 0 Å². The minimum atomic E-state index is -0.280. The van der Waals surface area contributed by atoms with Crippen LogP contribution in [-0.2, 0) is 0 Å². The molecule has 1 aromatic rings. The van der Waals surface area contributed by atoms with Gasteiger partial charge in [0.1, 0.15) is 0 Å². The van der Waals surface area contributed by atoms with E-state index in [1.54, 1.807) is 6.07 Å². The Morgan fingerprint density at radius 1 is 1.64 bits per heavy atom. The molecule has 0 bridgehead atoms. The molecule has 0 aliphatic carbocycles. The predicted octanol–water partition coefficient (Wildman–Crippen LogP) is 1.82. The Hall–Kier alpha value is 0.200. The summed E-state index contributed by atoms with van der Waals surface area (Å²) in [5, 5.41) is 8.64. The number of nitrogens with two attached hydrogens (primary N) is 1. The second-order valence-electron chi connectivity index (χ2n) is 1.93. The summed E-state index contributed by atoms with van der Waals surface area (Å²) in [6.45, 7) is -0.0309. The van der Waals surface area contributed by atoms with Gasteiger partial charge >= 0.3 is 0 Å². The van der Waals surface area contributed by atoms with Gasteiger partial charge in [-0.2, -0.15) is 0 Å². The van der Waals surface area contributed by atoms with Crippen molar-refractivity contribution >= 4 is 35.3 Å². The van der Waals surface area contributed by atoms with E-state index in [4.69, 9.17) is 22.4 Å². The van der Waals surface area contributed by atoms with E-state index in [9.17, 15) is 0 Å². The normalized spacial score (nSPS) is 12.3. The third-order valence-electron chi connectivity index (χ3n) is 1.16. The van der Waals surface area contributed by atoms with E-state index in [1.807, 2.05) is 6.07 Å². The van der Waals surface area contributed by atoms with E-state index in [1.165, 1.54) is 11.3 Å². The van der Waals surface area contributed by atoms with Crippen LogP contribution in [0.2, 0.25) is 4.34 Å². The molecule has 2 nitrogen and oxygen atoms in total. The zero-order valence-corrected chi connectivity index (χ0v) is 8.05. The molecule has 0 amide bonds. The fraction of sp³-hybridized carbons (Fsp3) is 0.333. The average Bonchev–Trinajstić information content (AvgIpc) is 2.34. The van der Waals surface area contributed by atoms with Crippen molar-refractivity contribution in [1.82, 2.24) is 0 Å². The summed E-state index contributed by atoms with van der Waals surface area (Å²) in [6.07, 6.45) is 0. The first-order chi connectivity index (χ1) is 4.74. The third-order valence-corrected chi connectivity index (χ3v) is 2.52. The lowest BCUT2D eigenvalue weighted by atomic mass is 10.3. The predicted molar refractivity (Wildman–Crippen MR) is 50.6 cm³/mol. The van der Waals surface area contributed by atoms with Crippen molar-refractivity contribution in [2.75, 3.05) is 6.61 Å². The van der Waals surface area contributed by atoms with Crippen molar-refractivity contribution in [1.29, 1.82) is 0 Å². The standard InChI is InChI=1S/C6H8ClNOS.ClH/c7-6-2-1-5(10-6)4(8)3-9;/h1-2,4,9H,3,8H2;1H/t4-;/m0./s1. The second kappa shape index (κ2) is 4.95. The summed E-state index contributed by atoms with van der Waals surface area (Å²) in [7, 11) is 0. The summed E-state index contributed by atoms with van der Waals surface area (Å²) in [5.41, 5.74) is 5.51. The summed E-state index contributed by atoms with van der Waals surface area (Å²) in [4.78, 5) is 0.924. The molecule has 1 rings (SSSR count). The Morgan fingerprint density at radius 2 is 2.27 bits per heavy atom. The fourth-order valence-electron chi connectivity index (χ4n) is 0.618. The maximum Gasteiger partial charge on any atom is 0.0931 e. The molecule has 0 unspecified atom stereocenters. The van der Waals surface area contributed by atoms with Crippen molar-refractivity contribution in [2.45, 2.75) is 6.04 Å². The molecule has 0 spiro atoms. The van der Waals surface area contributed by atoms with E-state index >= 15 is 0 Å². The molecule has 0 saturated carbocycles. The monoisotopic (exact) mass is 213 g/mol. The number of aliphatic hydroxyl groups is 1. The zero-order valence-electron chi connectivity index (χ0n) is 5.66. The van der Waals surface area contributed by atoms with Crippen LogP contribution in [0.1, 0.15) is 10.9 Å². The second-order valence-corrected chi connectivity index (χ2v) is 3.68. The minimum Gasteiger partial charge on any atom is -0.394 e. The van der Waals surface area contributed by atoms with Gasteiger partial charge in [0, 0.05) is 4.88 Å². The van der Waals surface area contributed by atoms with Crippen LogP contribution < -0.4 is 5.73 Å². The van der Waals surface area contributed by atoms with Gasteiger partial charge in [-0.1, -0.05) is 11.6 Å². The van der Waals surface area contributed by atoms with Crippen molar-refractivity contribution < 1.29 is 5.11 Å². The van der Waals surface area contributed by atoms with E-state index in [0.29, 0.717) is 4.34 Å². The molecule has 3 N–H and O–H groups in total. The first-order valence-corrected chi connectivity index (χ1v) is 4.05. The SMILES string of the molecule is Cl.N[C@@H](CO)c1ccc(Cl)s1. The van der Waals surface area contributed by atoms with Gasteiger partial charge in [-0.25, -0.2) is 0 Å². The van der Waals surface area contributed by atoms with Crippen LogP contribution in [0.5, 0.6) is 0 Å². The Kier molecular flexibility index (Phi) is 5.04. The topological polar surface area (TPSA) is 46.2 Å². The van der Waals surface area contributed by atoms with Gasteiger partial charge in [-0.3, -0.25) is 0 Å². The highest BCUT2D eigenvalue weighted by Gasteiger charge is 2.05. The summed E-state index contributed by atoms with van der Waals surface area (Å²) in [6, 6.07) is 3.32. The van der Waals surface area contributed by atoms with Crippen molar-refractivity contribution in [3.8, 4) is 0 Å². The third kappa shape index (κ3) is 2.97. The maximum absolute atomic E-state index is 8.64. The minimum absolute atomic E-state index is 0. The lowest BCUT2D eigenvalue weighted by molar-refractivity contribution is 0.269. The Balaban J connectivity index is 0.000001000. The van der Waals surface area contributed by atoms with Crippen LogP contribution in [0.4, 0.5) is 0 Å². The van der Waals surface area contributed by atoms with E-state index < -0.39 is 0 Å². The van der Waals surface area contributed by atoms with Crippen LogP contribution in [0.25, 0.3) is 0 Å². The molecule has 0 fully saturated rings. The molecule has 0 saturated heterocycles. The highest BCUT2D eigenvalue weighted by Crippen LogP contribution is 2.25.